The van der Waals surface area contributed by atoms with Gasteiger partial charge in [-0.1, -0.05) is 17.7 Å². The Kier molecular flexibility index (Phi) is 6.88. The summed E-state index contributed by atoms with van der Waals surface area (Å²) in [5, 5.41) is 2.85. The van der Waals surface area contributed by atoms with E-state index in [1.807, 2.05) is 0 Å². The molecule has 1 amide bonds. The molecule has 2 aromatic rings. The van der Waals surface area contributed by atoms with Crippen molar-refractivity contribution < 1.29 is 34.8 Å². The molecule has 0 heterocycles. The van der Waals surface area contributed by atoms with Gasteiger partial charge >= 0.3 is 6.18 Å². The van der Waals surface area contributed by atoms with E-state index in [1.54, 1.807) is 0 Å². The van der Waals surface area contributed by atoms with Gasteiger partial charge in [-0.25, -0.2) is 16.8 Å². The molecule has 1 saturated carbocycles. The smallest absolute Gasteiger partial charge is 0.349 e. The van der Waals surface area contributed by atoms with Crippen LogP contribution >= 0.6 is 11.6 Å². The zero-order valence-electron chi connectivity index (χ0n) is 18.5. The van der Waals surface area contributed by atoms with Crippen LogP contribution in [0.3, 0.4) is 0 Å². The summed E-state index contributed by atoms with van der Waals surface area (Å²) < 4.78 is 88.1. The molecule has 0 atom stereocenters. The summed E-state index contributed by atoms with van der Waals surface area (Å²) in [4.78, 5) is 12.1. The minimum atomic E-state index is -4.67. The maximum absolute atomic E-state index is 13.2. The maximum Gasteiger partial charge on any atom is 0.416 e. The topological polar surface area (TPSA) is 97.4 Å². The predicted molar refractivity (Wildman–Crippen MR) is 121 cm³/mol. The van der Waals surface area contributed by atoms with Crippen LogP contribution in [0.4, 0.5) is 13.2 Å². The van der Waals surface area contributed by atoms with E-state index >= 15 is 0 Å². The molecular weight excluding hydrogens is 515 g/mol. The molecule has 0 saturated heterocycles. The lowest BCUT2D eigenvalue weighted by Gasteiger charge is -2.45. The molecule has 0 spiro atoms. The molecule has 34 heavy (non-hydrogen) atoms. The molecule has 1 fully saturated rings. The van der Waals surface area contributed by atoms with Crippen LogP contribution in [-0.4, -0.2) is 39.8 Å². The highest BCUT2D eigenvalue weighted by Gasteiger charge is 2.49. The summed E-state index contributed by atoms with van der Waals surface area (Å²) in [6.45, 7) is 2.90. The molecular formula is C22H23ClF3NO5S2. The van der Waals surface area contributed by atoms with Crippen molar-refractivity contribution in [3.8, 4) is 0 Å². The van der Waals surface area contributed by atoms with Crippen LogP contribution in [-0.2, 0) is 25.9 Å². The first-order chi connectivity index (χ1) is 15.4. The van der Waals surface area contributed by atoms with Crippen LogP contribution in [0.5, 0.6) is 0 Å². The number of benzene rings is 2. The highest BCUT2D eigenvalue weighted by atomic mass is 35.5. The Morgan fingerprint density at radius 3 is 2.21 bits per heavy atom. The van der Waals surface area contributed by atoms with Gasteiger partial charge in [0.2, 0.25) is 0 Å². The van der Waals surface area contributed by atoms with Crippen molar-refractivity contribution >= 4 is 37.2 Å². The van der Waals surface area contributed by atoms with E-state index < -0.39 is 58.9 Å². The van der Waals surface area contributed by atoms with Gasteiger partial charge in [-0.3, -0.25) is 4.79 Å². The minimum Gasteiger partial charge on any atom is -0.349 e. The van der Waals surface area contributed by atoms with Crippen molar-refractivity contribution in [2.24, 2.45) is 5.92 Å². The number of alkyl halides is 3. The first-order valence-corrected chi connectivity index (χ1v) is 13.9. The average molecular weight is 538 g/mol. The van der Waals surface area contributed by atoms with Crippen LogP contribution in [0.2, 0.25) is 5.02 Å². The lowest BCUT2D eigenvalue weighted by Crippen LogP contribution is -2.53. The first kappa shape index (κ1) is 26.5. The number of hydrogen-bond donors (Lipinski definition) is 1. The lowest BCUT2D eigenvalue weighted by molar-refractivity contribution is -0.137. The number of carbonyl (C=O) groups excluding carboxylic acids is 1. The lowest BCUT2D eigenvalue weighted by atomic mass is 9.73. The van der Waals surface area contributed by atoms with Gasteiger partial charge in [0, 0.05) is 17.3 Å². The Morgan fingerprint density at radius 2 is 1.65 bits per heavy atom. The predicted octanol–water partition coefficient (Wildman–Crippen LogP) is 4.52. The Morgan fingerprint density at radius 1 is 1.03 bits per heavy atom. The molecule has 3 rings (SSSR count). The van der Waals surface area contributed by atoms with Gasteiger partial charge < -0.3 is 5.32 Å². The molecule has 6 nitrogen and oxygen atoms in total. The summed E-state index contributed by atoms with van der Waals surface area (Å²) >= 11 is 5.85. The Bertz CT molecular complexity index is 1330. The average Bonchev–Trinajstić information content (AvgIpc) is 2.68. The summed E-state index contributed by atoms with van der Waals surface area (Å²) in [6, 6.07) is 7.08. The summed E-state index contributed by atoms with van der Waals surface area (Å²) in [6.07, 6.45) is -3.19. The number of carbonyl (C=O) groups is 1. The van der Waals surface area contributed by atoms with Crippen LogP contribution < -0.4 is 5.32 Å². The molecule has 0 radical (unpaired) electrons. The van der Waals surface area contributed by atoms with Gasteiger partial charge in [-0.2, -0.15) is 13.2 Å². The van der Waals surface area contributed by atoms with Crippen molar-refractivity contribution in [3.63, 3.8) is 0 Å². The van der Waals surface area contributed by atoms with Gasteiger partial charge in [0.05, 0.1) is 25.7 Å². The van der Waals surface area contributed by atoms with E-state index in [0.29, 0.717) is 6.07 Å². The van der Waals surface area contributed by atoms with Crippen LogP contribution in [0.15, 0.2) is 52.3 Å². The first-order valence-electron chi connectivity index (χ1n) is 10.2. The van der Waals surface area contributed by atoms with E-state index in [9.17, 15) is 34.8 Å². The van der Waals surface area contributed by atoms with Gasteiger partial charge in [-0.05, 0) is 69.0 Å². The Hall–Kier alpha value is -2.11. The quantitative estimate of drug-likeness (QED) is 0.584. The van der Waals surface area contributed by atoms with Gasteiger partial charge in [0.15, 0.2) is 19.7 Å². The number of rotatable bonds is 6. The van der Waals surface area contributed by atoms with E-state index in [0.717, 1.165) is 24.5 Å². The van der Waals surface area contributed by atoms with Crippen molar-refractivity contribution in [2.75, 3.05) is 6.26 Å². The second kappa shape index (κ2) is 8.83. The normalized spacial score (nSPS) is 19.4. The molecule has 0 aliphatic heterocycles. The van der Waals surface area contributed by atoms with Crippen molar-refractivity contribution in [3.05, 3.63) is 58.6 Å². The number of nitrogens with one attached hydrogen (secondary N) is 1. The molecule has 1 aliphatic carbocycles. The standard InChI is InChI=1S/C22H23ClF3NO5S2/c1-21(2,34(31,32)17-6-4-5-13(11-17)22(24,25)26)14-9-16(10-14)27-20(28)18-8-7-15(23)12-19(18)33(3,29)30/h4-8,11-12,14,16H,9-10H2,1-3H3,(H,27,28)/t14-,16+. The van der Waals surface area contributed by atoms with Gasteiger partial charge in [0.1, 0.15) is 0 Å². The molecule has 2 aromatic carbocycles. The van der Waals surface area contributed by atoms with Crippen molar-refractivity contribution in [1.82, 2.24) is 5.32 Å². The monoisotopic (exact) mass is 537 g/mol. The van der Waals surface area contributed by atoms with E-state index in [-0.39, 0.29) is 28.3 Å². The van der Waals surface area contributed by atoms with Crippen molar-refractivity contribution in [1.29, 1.82) is 0 Å². The number of sulfone groups is 2. The highest BCUT2D eigenvalue weighted by molar-refractivity contribution is 7.92. The van der Waals surface area contributed by atoms with Crippen LogP contribution in [0.25, 0.3) is 0 Å². The van der Waals surface area contributed by atoms with Gasteiger partial charge in [0.25, 0.3) is 5.91 Å². The van der Waals surface area contributed by atoms with Crippen LogP contribution in [0.1, 0.15) is 42.6 Å². The fraction of sp³-hybridized carbons (Fsp3) is 0.409. The molecule has 12 heteroatoms. The second-order valence-electron chi connectivity index (χ2n) is 8.88. The van der Waals surface area contributed by atoms with E-state index in [4.69, 9.17) is 11.6 Å². The number of hydrogen-bond acceptors (Lipinski definition) is 5. The fourth-order valence-corrected chi connectivity index (χ4v) is 6.84. The third-order valence-corrected chi connectivity index (χ3v) is 10.2. The highest BCUT2D eigenvalue weighted by Crippen LogP contribution is 2.44. The maximum atomic E-state index is 13.2. The van der Waals surface area contributed by atoms with E-state index in [1.165, 1.54) is 32.0 Å². The third kappa shape index (κ3) is 5.11. The minimum absolute atomic E-state index is 0.0776. The molecule has 0 aromatic heterocycles. The summed E-state index contributed by atoms with van der Waals surface area (Å²) in [5.41, 5.74) is -1.13. The zero-order valence-corrected chi connectivity index (χ0v) is 20.9. The zero-order chi connectivity index (χ0) is 25.7. The van der Waals surface area contributed by atoms with Gasteiger partial charge in [-0.15, -0.1) is 0 Å². The SMILES string of the molecule is CC(C)([C@H]1C[C@@H](NC(=O)c2ccc(Cl)cc2S(C)(=O)=O)C1)S(=O)(=O)c1cccc(C(F)(F)F)c1. The van der Waals surface area contributed by atoms with Crippen molar-refractivity contribution in [2.45, 2.75) is 53.4 Å². The molecule has 0 unspecified atom stereocenters. The molecule has 0 bridgehead atoms. The second-order valence-corrected chi connectivity index (χ2v) is 13.8. The summed E-state index contributed by atoms with van der Waals surface area (Å²) in [5.74, 6) is -1.07. The molecule has 1 aliphatic rings. The largest absolute Gasteiger partial charge is 0.416 e. The fourth-order valence-electron chi connectivity index (χ4n) is 3.92. The van der Waals surface area contributed by atoms with Crippen LogP contribution in [0, 0.1) is 5.92 Å². The van der Waals surface area contributed by atoms with E-state index in [2.05, 4.69) is 5.32 Å². The summed E-state index contributed by atoms with van der Waals surface area (Å²) in [7, 11) is -7.85. The molecule has 186 valence electrons. The molecule has 1 N–H and O–H groups in total. The number of amides is 1. The number of halogens is 4. The third-order valence-electron chi connectivity index (χ3n) is 6.21. The Labute approximate surface area is 201 Å². The Balaban J connectivity index is 1.75.